The third-order valence-corrected chi connectivity index (χ3v) is 5.98. The fourth-order valence-electron chi connectivity index (χ4n) is 4.52. The van der Waals surface area contributed by atoms with Gasteiger partial charge in [0.2, 0.25) is 5.76 Å². The zero-order chi connectivity index (χ0) is 21.5. The average Bonchev–Trinajstić information content (AvgIpc) is 3.06. The molecule has 0 N–H and O–H groups in total. The van der Waals surface area contributed by atoms with E-state index in [0.717, 1.165) is 29.3 Å². The molecule has 4 aromatic rings. The summed E-state index contributed by atoms with van der Waals surface area (Å²) in [5.41, 5.74) is 1.73. The number of fused-ring (bicyclic) bond motifs is 4. The first-order valence-corrected chi connectivity index (χ1v) is 10.6. The maximum Gasteiger partial charge on any atom is 0.290 e. The average molecular weight is 412 g/mol. The van der Waals surface area contributed by atoms with Crippen molar-refractivity contribution >= 4 is 27.6 Å². The van der Waals surface area contributed by atoms with Crippen LogP contribution in [0.5, 0.6) is 0 Å². The first-order valence-electron chi connectivity index (χ1n) is 10.6. The maximum atomic E-state index is 13.7. The molecular formula is C26H24N2O3. The van der Waals surface area contributed by atoms with E-state index in [1.165, 1.54) is 0 Å². The lowest BCUT2D eigenvalue weighted by Crippen LogP contribution is -2.32. The summed E-state index contributed by atoms with van der Waals surface area (Å²) in [7, 11) is 4.02. The van der Waals surface area contributed by atoms with E-state index in [1.54, 1.807) is 4.90 Å². The Morgan fingerprint density at radius 2 is 1.65 bits per heavy atom. The highest BCUT2D eigenvalue weighted by Crippen LogP contribution is 2.39. The molecule has 2 heterocycles. The van der Waals surface area contributed by atoms with Crippen molar-refractivity contribution in [3.8, 4) is 0 Å². The van der Waals surface area contributed by atoms with Gasteiger partial charge in [0.15, 0.2) is 5.43 Å². The van der Waals surface area contributed by atoms with E-state index in [4.69, 9.17) is 4.42 Å². The standard InChI is InChI=1S/C26H24N2O3/c1-27(2)15-8-16-28-22(18-10-4-3-5-11-18)21-23(29)20-14-13-17-9-6-7-12-19(17)24(20)31-25(21)26(28)30/h3-7,9-14,22H,8,15-16H2,1-2H3. The third-order valence-electron chi connectivity index (χ3n) is 5.98. The van der Waals surface area contributed by atoms with Crippen molar-refractivity contribution in [2.45, 2.75) is 12.5 Å². The molecule has 1 aromatic heterocycles. The van der Waals surface area contributed by atoms with Crippen LogP contribution in [-0.2, 0) is 0 Å². The number of carbonyl (C=O) groups is 1. The molecule has 1 unspecified atom stereocenters. The number of benzene rings is 3. The van der Waals surface area contributed by atoms with Gasteiger partial charge in [0.1, 0.15) is 5.58 Å². The lowest BCUT2D eigenvalue weighted by molar-refractivity contribution is 0.0722. The highest BCUT2D eigenvalue weighted by molar-refractivity contribution is 6.06. The molecule has 5 nitrogen and oxygen atoms in total. The predicted octanol–water partition coefficient (Wildman–Crippen LogP) is 4.44. The molecular weight excluding hydrogens is 388 g/mol. The number of hydrogen-bond acceptors (Lipinski definition) is 4. The van der Waals surface area contributed by atoms with Gasteiger partial charge in [0.05, 0.1) is 17.0 Å². The summed E-state index contributed by atoms with van der Waals surface area (Å²) >= 11 is 0. The van der Waals surface area contributed by atoms with Gasteiger partial charge in [0.25, 0.3) is 5.91 Å². The normalized spacial score (nSPS) is 15.9. The Kier molecular flexibility index (Phi) is 4.83. The summed E-state index contributed by atoms with van der Waals surface area (Å²) < 4.78 is 6.22. The van der Waals surface area contributed by atoms with Crippen molar-refractivity contribution in [1.29, 1.82) is 0 Å². The van der Waals surface area contributed by atoms with Gasteiger partial charge >= 0.3 is 0 Å². The van der Waals surface area contributed by atoms with Gasteiger partial charge in [-0.05, 0) is 44.1 Å². The summed E-state index contributed by atoms with van der Waals surface area (Å²) in [5.74, 6) is -0.0397. The van der Waals surface area contributed by atoms with E-state index in [1.807, 2.05) is 80.8 Å². The zero-order valence-corrected chi connectivity index (χ0v) is 17.7. The van der Waals surface area contributed by atoms with Gasteiger partial charge in [-0.15, -0.1) is 0 Å². The summed E-state index contributed by atoms with van der Waals surface area (Å²) in [6, 6.07) is 20.8. The van der Waals surface area contributed by atoms with Crippen LogP contribution in [0.3, 0.4) is 0 Å². The highest BCUT2D eigenvalue weighted by Gasteiger charge is 2.42. The molecule has 5 rings (SSSR count). The van der Waals surface area contributed by atoms with Crippen molar-refractivity contribution in [3.63, 3.8) is 0 Å². The quantitative estimate of drug-likeness (QED) is 0.455. The monoisotopic (exact) mass is 412 g/mol. The van der Waals surface area contributed by atoms with Crippen molar-refractivity contribution in [1.82, 2.24) is 9.80 Å². The third kappa shape index (κ3) is 3.22. The number of hydrogen-bond donors (Lipinski definition) is 0. The smallest absolute Gasteiger partial charge is 0.290 e. The molecule has 0 saturated carbocycles. The van der Waals surface area contributed by atoms with E-state index < -0.39 is 6.04 Å². The van der Waals surface area contributed by atoms with Crippen molar-refractivity contribution < 1.29 is 9.21 Å². The van der Waals surface area contributed by atoms with Gasteiger partial charge < -0.3 is 14.2 Å². The van der Waals surface area contributed by atoms with Crippen LogP contribution in [0.25, 0.3) is 21.7 Å². The lowest BCUT2D eigenvalue weighted by Gasteiger charge is -2.25. The Morgan fingerprint density at radius 1 is 0.903 bits per heavy atom. The molecule has 1 aliphatic heterocycles. The molecule has 0 spiro atoms. The number of carbonyl (C=O) groups excluding carboxylic acids is 1. The zero-order valence-electron chi connectivity index (χ0n) is 17.7. The molecule has 0 radical (unpaired) electrons. The van der Waals surface area contributed by atoms with Crippen molar-refractivity contribution in [3.05, 3.63) is 93.8 Å². The van der Waals surface area contributed by atoms with Crippen LogP contribution in [0.4, 0.5) is 0 Å². The summed E-state index contributed by atoms with van der Waals surface area (Å²) in [6.07, 6.45) is 0.812. The molecule has 1 aliphatic rings. The Hall–Kier alpha value is -3.44. The van der Waals surface area contributed by atoms with Gasteiger partial charge in [0, 0.05) is 11.9 Å². The van der Waals surface area contributed by atoms with E-state index in [2.05, 4.69) is 4.90 Å². The van der Waals surface area contributed by atoms with E-state index in [0.29, 0.717) is 23.1 Å². The Balaban J connectivity index is 1.72. The Morgan fingerprint density at radius 3 is 2.42 bits per heavy atom. The maximum absolute atomic E-state index is 13.7. The van der Waals surface area contributed by atoms with Crippen LogP contribution in [0.1, 0.15) is 34.1 Å². The van der Waals surface area contributed by atoms with Crippen LogP contribution < -0.4 is 5.43 Å². The van der Waals surface area contributed by atoms with Crippen molar-refractivity contribution in [2.24, 2.45) is 0 Å². The second-order valence-electron chi connectivity index (χ2n) is 8.31. The minimum absolute atomic E-state index is 0.126. The first-order chi connectivity index (χ1) is 15.1. The van der Waals surface area contributed by atoms with Gasteiger partial charge in [-0.1, -0.05) is 60.7 Å². The molecule has 0 aliphatic carbocycles. The number of nitrogens with zero attached hydrogens (tertiary/aromatic N) is 2. The predicted molar refractivity (Wildman–Crippen MR) is 122 cm³/mol. The van der Waals surface area contributed by atoms with Crippen LogP contribution in [-0.4, -0.2) is 42.9 Å². The molecule has 5 heteroatoms. The number of amides is 1. The second-order valence-corrected chi connectivity index (χ2v) is 8.31. The molecule has 31 heavy (non-hydrogen) atoms. The molecule has 3 aromatic carbocycles. The highest BCUT2D eigenvalue weighted by atomic mass is 16.3. The topological polar surface area (TPSA) is 53.8 Å². The second kappa shape index (κ2) is 7.67. The molecule has 0 saturated heterocycles. The van der Waals surface area contributed by atoms with Crippen molar-refractivity contribution in [2.75, 3.05) is 27.2 Å². The molecule has 0 fully saturated rings. The van der Waals surface area contributed by atoms with Crippen LogP contribution >= 0.6 is 0 Å². The minimum atomic E-state index is -0.432. The summed E-state index contributed by atoms with van der Waals surface area (Å²) in [6.45, 7) is 1.41. The van der Waals surface area contributed by atoms with Crippen LogP contribution in [0.15, 0.2) is 75.9 Å². The molecule has 1 atom stereocenters. The largest absolute Gasteiger partial charge is 0.450 e. The Bertz CT molecular complexity index is 1340. The van der Waals surface area contributed by atoms with E-state index in [-0.39, 0.29) is 17.1 Å². The first kappa shape index (κ1) is 19.5. The minimum Gasteiger partial charge on any atom is -0.450 e. The van der Waals surface area contributed by atoms with E-state index >= 15 is 0 Å². The SMILES string of the molecule is CN(C)CCCN1C(=O)c2oc3c(ccc4ccccc43)c(=O)c2C1c1ccccc1. The van der Waals surface area contributed by atoms with E-state index in [9.17, 15) is 9.59 Å². The molecule has 0 bridgehead atoms. The molecule has 156 valence electrons. The summed E-state index contributed by atoms with van der Waals surface area (Å²) in [4.78, 5) is 31.0. The van der Waals surface area contributed by atoms with Gasteiger partial charge in [-0.3, -0.25) is 9.59 Å². The Labute approximate surface area is 180 Å². The van der Waals surface area contributed by atoms with Gasteiger partial charge in [-0.25, -0.2) is 0 Å². The summed E-state index contributed by atoms with van der Waals surface area (Å²) in [5, 5.41) is 2.34. The fraction of sp³-hybridized carbons (Fsp3) is 0.231. The molecule has 1 amide bonds. The lowest BCUT2D eigenvalue weighted by atomic mass is 9.97. The van der Waals surface area contributed by atoms with Gasteiger partial charge in [-0.2, -0.15) is 0 Å². The number of rotatable bonds is 5. The van der Waals surface area contributed by atoms with Crippen LogP contribution in [0.2, 0.25) is 0 Å². The fourth-order valence-corrected chi connectivity index (χ4v) is 4.52. The van der Waals surface area contributed by atoms with Crippen LogP contribution in [0, 0.1) is 0 Å².